The number of hydrogen-bond donors (Lipinski definition) is 1. The maximum atomic E-state index is 13.0. The van der Waals surface area contributed by atoms with Crippen molar-refractivity contribution < 1.29 is 18.7 Å². The second-order valence-electron chi connectivity index (χ2n) is 5.57. The monoisotopic (exact) mass is 375 g/mol. The second-order valence-corrected chi connectivity index (χ2v) is 5.97. The van der Waals surface area contributed by atoms with E-state index in [1.54, 1.807) is 11.5 Å². The van der Waals surface area contributed by atoms with Crippen LogP contribution >= 0.6 is 11.6 Å². The molecule has 0 aliphatic rings. The number of halogens is 2. The summed E-state index contributed by atoms with van der Waals surface area (Å²) in [4.78, 5) is 28.3. The molecule has 0 aliphatic carbocycles. The van der Waals surface area contributed by atoms with E-state index < -0.39 is 24.3 Å². The summed E-state index contributed by atoms with van der Waals surface area (Å²) >= 11 is 5.83. The van der Waals surface area contributed by atoms with Crippen molar-refractivity contribution in [2.45, 2.75) is 13.5 Å². The first-order valence-electron chi connectivity index (χ1n) is 7.76. The van der Waals surface area contributed by atoms with Gasteiger partial charge < -0.3 is 14.6 Å². The number of carbonyl (C=O) groups is 2. The van der Waals surface area contributed by atoms with Crippen LogP contribution in [0, 0.1) is 12.7 Å². The minimum Gasteiger partial charge on any atom is -0.454 e. The molecular weight excluding hydrogens is 361 g/mol. The van der Waals surface area contributed by atoms with Crippen LogP contribution in [0.15, 0.2) is 42.5 Å². The van der Waals surface area contributed by atoms with Crippen LogP contribution in [0.1, 0.15) is 5.82 Å². The molecule has 0 saturated heterocycles. The quantitative estimate of drug-likeness (QED) is 0.694. The molecule has 0 atom stereocenters. The largest absolute Gasteiger partial charge is 0.454 e. The molecule has 0 saturated carbocycles. The van der Waals surface area contributed by atoms with Gasteiger partial charge in [-0.2, -0.15) is 0 Å². The van der Waals surface area contributed by atoms with Crippen molar-refractivity contribution in [3.8, 4) is 0 Å². The van der Waals surface area contributed by atoms with Crippen molar-refractivity contribution in [2.75, 3.05) is 11.9 Å². The fourth-order valence-corrected chi connectivity index (χ4v) is 2.71. The molecule has 26 heavy (non-hydrogen) atoms. The predicted octanol–water partition coefficient (Wildman–Crippen LogP) is 3.32. The zero-order chi connectivity index (χ0) is 18.7. The lowest BCUT2D eigenvalue weighted by Crippen LogP contribution is -2.23. The van der Waals surface area contributed by atoms with Gasteiger partial charge in [0.2, 0.25) is 0 Å². The third-order valence-corrected chi connectivity index (χ3v) is 4.01. The fraction of sp³-hybridized carbons (Fsp3) is 0.167. The van der Waals surface area contributed by atoms with Crippen LogP contribution < -0.4 is 5.32 Å². The van der Waals surface area contributed by atoms with Crippen LogP contribution in [-0.2, 0) is 20.9 Å². The molecule has 1 amide bonds. The molecule has 6 nitrogen and oxygen atoms in total. The number of ether oxygens (including phenoxy) is 1. The highest BCUT2D eigenvalue weighted by atomic mass is 35.5. The number of rotatable bonds is 5. The summed E-state index contributed by atoms with van der Waals surface area (Å²) in [6.45, 7) is 1.26. The van der Waals surface area contributed by atoms with Gasteiger partial charge in [0.05, 0.1) is 21.7 Å². The van der Waals surface area contributed by atoms with Crippen LogP contribution in [0.2, 0.25) is 5.02 Å². The first-order chi connectivity index (χ1) is 12.4. The van der Waals surface area contributed by atoms with Crippen LogP contribution in [0.25, 0.3) is 11.0 Å². The minimum absolute atomic E-state index is 0.0586. The van der Waals surface area contributed by atoms with Crippen molar-refractivity contribution in [3.63, 3.8) is 0 Å². The van der Waals surface area contributed by atoms with E-state index in [0.717, 1.165) is 17.1 Å². The summed E-state index contributed by atoms with van der Waals surface area (Å²) < 4.78 is 19.7. The number of nitrogens with zero attached hydrogens (tertiary/aromatic N) is 2. The van der Waals surface area contributed by atoms with Crippen molar-refractivity contribution in [1.29, 1.82) is 0 Å². The van der Waals surface area contributed by atoms with Gasteiger partial charge in [-0.15, -0.1) is 0 Å². The Hall–Kier alpha value is -2.93. The van der Waals surface area contributed by atoms with Crippen molar-refractivity contribution in [3.05, 3.63) is 59.1 Å². The average Bonchev–Trinajstić information content (AvgIpc) is 2.91. The maximum Gasteiger partial charge on any atom is 0.326 e. The summed E-state index contributed by atoms with van der Waals surface area (Å²) in [5.74, 6) is -0.983. The fourth-order valence-electron chi connectivity index (χ4n) is 2.49. The van der Waals surface area contributed by atoms with Gasteiger partial charge in [-0.3, -0.25) is 9.59 Å². The molecule has 0 bridgehead atoms. The van der Waals surface area contributed by atoms with E-state index in [2.05, 4.69) is 10.3 Å². The molecule has 0 unspecified atom stereocenters. The Kier molecular flexibility index (Phi) is 5.18. The second kappa shape index (κ2) is 7.53. The summed E-state index contributed by atoms with van der Waals surface area (Å²) in [7, 11) is 0. The Labute approximate surface area is 153 Å². The molecule has 3 rings (SSSR count). The van der Waals surface area contributed by atoms with Crippen LogP contribution in [0.4, 0.5) is 10.1 Å². The number of esters is 1. The lowest BCUT2D eigenvalue weighted by atomic mass is 10.3. The normalized spacial score (nSPS) is 10.7. The number of benzene rings is 2. The lowest BCUT2D eigenvalue weighted by Gasteiger charge is -2.09. The Bertz CT molecular complexity index is 987. The third-order valence-electron chi connectivity index (χ3n) is 3.70. The van der Waals surface area contributed by atoms with Crippen LogP contribution in [0.3, 0.4) is 0 Å². The number of amides is 1. The number of fused-ring (bicyclic) bond motifs is 1. The van der Waals surface area contributed by atoms with Crippen molar-refractivity contribution in [2.24, 2.45) is 0 Å². The summed E-state index contributed by atoms with van der Waals surface area (Å²) in [6.07, 6.45) is 0. The molecule has 2 aromatic carbocycles. The Morgan fingerprint density at radius 1 is 1.27 bits per heavy atom. The first kappa shape index (κ1) is 17.9. The van der Waals surface area contributed by atoms with Crippen molar-refractivity contribution >= 4 is 40.2 Å². The van der Waals surface area contributed by atoms with Crippen molar-refractivity contribution in [1.82, 2.24) is 9.55 Å². The minimum atomic E-state index is -0.573. The topological polar surface area (TPSA) is 73.2 Å². The number of nitrogens with one attached hydrogen (secondary N) is 1. The number of carbonyl (C=O) groups excluding carboxylic acids is 2. The molecule has 3 aromatic rings. The summed E-state index contributed by atoms with van der Waals surface area (Å²) in [6, 6.07) is 11.0. The van der Waals surface area contributed by atoms with Gasteiger partial charge in [0.1, 0.15) is 18.2 Å². The molecule has 1 heterocycles. The summed E-state index contributed by atoms with van der Waals surface area (Å²) in [5.41, 5.74) is 1.83. The highest BCUT2D eigenvalue weighted by molar-refractivity contribution is 6.33. The van der Waals surface area contributed by atoms with Gasteiger partial charge in [-0.1, -0.05) is 23.7 Å². The van der Waals surface area contributed by atoms with Gasteiger partial charge in [-0.05, 0) is 37.3 Å². The highest BCUT2D eigenvalue weighted by Gasteiger charge is 2.14. The van der Waals surface area contributed by atoms with Crippen LogP contribution in [0.5, 0.6) is 0 Å². The zero-order valence-corrected chi connectivity index (χ0v) is 14.6. The lowest BCUT2D eigenvalue weighted by molar-refractivity contribution is -0.147. The smallest absolute Gasteiger partial charge is 0.326 e. The number of imidazole rings is 1. The molecule has 0 aliphatic heterocycles. The first-order valence-corrected chi connectivity index (χ1v) is 8.14. The molecule has 0 radical (unpaired) electrons. The SMILES string of the molecule is Cc1nc2ccccc2n1CC(=O)OCC(=O)Nc1ccc(F)cc1Cl. The number of para-hydroxylation sites is 2. The molecule has 134 valence electrons. The Morgan fingerprint density at radius 2 is 2.04 bits per heavy atom. The van der Waals surface area contributed by atoms with E-state index in [0.29, 0.717) is 5.82 Å². The highest BCUT2D eigenvalue weighted by Crippen LogP contribution is 2.22. The number of aryl methyl sites for hydroxylation is 1. The molecule has 0 fully saturated rings. The molecular formula is C18H15ClFN3O3. The van der Waals surface area contributed by atoms with Gasteiger partial charge in [-0.25, -0.2) is 9.37 Å². The maximum absolute atomic E-state index is 13.0. The number of hydrogen-bond acceptors (Lipinski definition) is 4. The summed E-state index contributed by atoms with van der Waals surface area (Å²) in [5, 5.41) is 2.52. The molecule has 0 spiro atoms. The number of anilines is 1. The zero-order valence-electron chi connectivity index (χ0n) is 13.8. The van der Waals surface area contributed by atoms with E-state index in [1.807, 2.05) is 24.3 Å². The van der Waals surface area contributed by atoms with Gasteiger partial charge in [0, 0.05) is 0 Å². The predicted molar refractivity (Wildman–Crippen MR) is 95.5 cm³/mol. The standard InChI is InChI=1S/C18H15ClFN3O3/c1-11-21-15-4-2-3-5-16(15)23(11)9-18(25)26-10-17(24)22-14-7-6-12(20)8-13(14)19/h2-8H,9-10H2,1H3,(H,22,24). The van der Waals surface area contributed by atoms with Gasteiger partial charge in [0.25, 0.3) is 5.91 Å². The Morgan fingerprint density at radius 3 is 2.81 bits per heavy atom. The molecule has 1 aromatic heterocycles. The van der Waals surface area contributed by atoms with E-state index in [4.69, 9.17) is 16.3 Å². The number of aromatic nitrogens is 2. The van der Waals surface area contributed by atoms with E-state index in [1.165, 1.54) is 12.1 Å². The van der Waals surface area contributed by atoms with Gasteiger partial charge >= 0.3 is 5.97 Å². The van der Waals surface area contributed by atoms with E-state index >= 15 is 0 Å². The third kappa shape index (κ3) is 4.00. The van der Waals surface area contributed by atoms with E-state index in [9.17, 15) is 14.0 Å². The Balaban J connectivity index is 1.58. The molecule has 1 N–H and O–H groups in total. The van der Waals surface area contributed by atoms with Gasteiger partial charge in [0.15, 0.2) is 6.61 Å². The molecule has 8 heteroatoms. The van der Waals surface area contributed by atoms with E-state index in [-0.39, 0.29) is 17.3 Å². The van der Waals surface area contributed by atoms with Crippen LogP contribution in [-0.4, -0.2) is 28.0 Å². The average molecular weight is 376 g/mol.